The molecule has 0 spiro atoms. The molecule has 5 heteroatoms. The zero-order chi connectivity index (χ0) is 19.9. The van der Waals surface area contributed by atoms with Gasteiger partial charge in [0.1, 0.15) is 5.82 Å². The number of rotatable bonds is 8. The molecule has 2 aromatic carbocycles. The molecule has 146 valence electrons. The molecule has 1 N–H and O–H groups in total. The molecule has 3 aromatic rings. The zero-order valence-corrected chi connectivity index (χ0v) is 17.5. The second-order valence-electron chi connectivity index (χ2n) is 6.79. The van der Waals surface area contributed by atoms with E-state index in [9.17, 15) is 0 Å². The van der Waals surface area contributed by atoms with E-state index in [1.165, 1.54) is 5.56 Å². The third kappa shape index (κ3) is 5.23. The third-order valence-electron chi connectivity index (χ3n) is 4.79. The van der Waals surface area contributed by atoms with E-state index in [1.807, 2.05) is 31.2 Å². The molecule has 28 heavy (non-hydrogen) atoms. The molecule has 0 fully saturated rings. The fraction of sp³-hybridized carbons (Fsp3) is 0.304. The molecule has 0 atom stereocenters. The first-order chi connectivity index (χ1) is 13.6. The van der Waals surface area contributed by atoms with Crippen LogP contribution < -0.4 is 10.2 Å². The minimum atomic E-state index is 0.604. The monoisotopic (exact) mass is 394 g/mol. The Morgan fingerprint density at radius 1 is 0.929 bits per heavy atom. The summed E-state index contributed by atoms with van der Waals surface area (Å²) in [5.41, 5.74) is 4.28. The summed E-state index contributed by atoms with van der Waals surface area (Å²) in [5.74, 6) is 1.55. The van der Waals surface area contributed by atoms with Gasteiger partial charge in [0, 0.05) is 35.6 Å². The average Bonchev–Trinajstić information content (AvgIpc) is 2.71. The van der Waals surface area contributed by atoms with Crippen LogP contribution >= 0.6 is 11.6 Å². The fourth-order valence-corrected chi connectivity index (χ4v) is 3.27. The lowest BCUT2D eigenvalue weighted by molar-refractivity contribution is 0.829. The molecule has 0 bridgehead atoms. The molecule has 0 saturated heterocycles. The van der Waals surface area contributed by atoms with Gasteiger partial charge in [-0.25, -0.2) is 4.98 Å². The second-order valence-corrected chi connectivity index (χ2v) is 7.20. The molecular formula is C23H27ClN4. The highest BCUT2D eigenvalue weighted by atomic mass is 35.5. The van der Waals surface area contributed by atoms with E-state index in [0.717, 1.165) is 53.7 Å². The second kappa shape index (κ2) is 9.56. The molecule has 0 aliphatic heterocycles. The topological polar surface area (TPSA) is 41.1 Å². The molecule has 0 aliphatic rings. The molecular weight excluding hydrogens is 368 g/mol. The highest BCUT2D eigenvalue weighted by Crippen LogP contribution is 2.24. The lowest BCUT2D eigenvalue weighted by Gasteiger charge is -2.21. The van der Waals surface area contributed by atoms with Crippen LogP contribution in [0.4, 0.5) is 17.5 Å². The predicted molar refractivity (Wildman–Crippen MR) is 119 cm³/mol. The van der Waals surface area contributed by atoms with Gasteiger partial charge in [-0.2, -0.15) is 4.98 Å². The Labute approximate surface area is 172 Å². The normalized spacial score (nSPS) is 10.7. The van der Waals surface area contributed by atoms with Crippen molar-refractivity contribution >= 4 is 29.1 Å². The number of halogens is 1. The van der Waals surface area contributed by atoms with Gasteiger partial charge in [-0.15, -0.1) is 0 Å². The number of anilines is 3. The van der Waals surface area contributed by atoms with Crippen LogP contribution in [0.15, 0.2) is 54.6 Å². The lowest BCUT2D eigenvalue weighted by Crippen LogP contribution is -2.23. The van der Waals surface area contributed by atoms with Crippen LogP contribution in [0, 0.1) is 6.92 Å². The minimum Gasteiger partial charge on any atom is -0.357 e. The van der Waals surface area contributed by atoms with E-state index in [0.29, 0.717) is 5.95 Å². The first kappa shape index (κ1) is 20.2. The van der Waals surface area contributed by atoms with E-state index in [2.05, 4.69) is 54.4 Å². The van der Waals surface area contributed by atoms with Crippen molar-refractivity contribution in [2.45, 2.75) is 33.6 Å². The SMILES string of the molecule is CCN(CC)c1cc(CCc2ccccc2)nc(Nc2ccc(C)c(Cl)c2)n1. The lowest BCUT2D eigenvalue weighted by atomic mass is 10.1. The van der Waals surface area contributed by atoms with E-state index in [1.54, 1.807) is 0 Å². The Bertz CT molecular complexity index is 908. The van der Waals surface area contributed by atoms with Gasteiger partial charge >= 0.3 is 0 Å². The molecule has 1 heterocycles. The smallest absolute Gasteiger partial charge is 0.229 e. The van der Waals surface area contributed by atoms with Crippen molar-refractivity contribution in [3.8, 4) is 0 Å². The van der Waals surface area contributed by atoms with E-state index in [-0.39, 0.29) is 0 Å². The summed E-state index contributed by atoms with van der Waals surface area (Å²) in [7, 11) is 0. The van der Waals surface area contributed by atoms with Crippen LogP contribution in [0.25, 0.3) is 0 Å². The molecule has 0 amide bonds. The summed E-state index contributed by atoms with van der Waals surface area (Å²) in [4.78, 5) is 11.7. The van der Waals surface area contributed by atoms with Gasteiger partial charge in [0.25, 0.3) is 0 Å². The standard InChI is InChI=1S/C23H27ClN4/c1-4-28(5-2)22-16-20(14-12-18-9-7-6-8-10-18)26-23(27-22)25-19-13-11-17(3)21(24)15-19/h6-11,13,15-16H,4-5,12,14H2,1-3H3,(H,25,26,27). The Hall–Kier alpha value is -2.59. The van der Waals surface area contributed by atoms with Gasteiger partial charge in [-0.1, -0.05) is 48.0 Å². The Balaban J connectivity index is 1.86. The van der Waals surface area contributed by atoms with Crippen molar-refractivity contribution in [2.24, 2.45) is 0 Å². The maximum atomic E-state index is 6.27. The number of nitrogens with zero attached hydrogens (tertiary/aromatic N) is 3. The van der Waals surface area contributed by atoms with Crippen molar-refractivity contribution in [2.75, 3.05) is 23.3 Å². The molecule has 3 rings (SSSR count). The largest absolute Gasteiger partial charge is 0.357 e. The van der Waals surface area contributed by atoms with Crippen molar-refractivity contribution in [1.82, 2.24) is 9.97 Å². The fourth-order valence-electron chi connectivity index (χ4n) is 3.09. The quantitative estimate of drug-likeness (QED) is 0.523. The Morgan fingerprint density at radius 2 is 1.68 bits per heavy atom. The van der Waals surface area contributed by atoms with E-state index >= 15 is 0 Å². The molecule has 0 saturated carbocycles. The van der Waals surface area contributed by atoms with Gasteiger partial charge in [0.15, 0.2) is 0 Å². The number of aryl methyl sites for hydroxylation is 3. The Kier molecular flexibility index (Phi) is 6.88. The van der Waals surface area contributed by atoms with Crippen LogP contribution in [-0.2, 0) is 12.8 Å². The number of hydrogen-bond acceptors (Lipinski definition) is 4. The molecule has 0 radical (unpaired) electrons. The molecule has 0 aliphatic carbocycles. The van der Waals surface area contributed by atoms with Crippen LogP contribution in [0.1, 0.15) is 30.7 Å². The highest BCUT2D eigenvalue weighted by Gasteiger charge is 2.10. The summed E-state index contributed by atoms with van der Waals surface area (Å²) in [5, 5.41) is 4.05. The number of benzene rings is 2. The van der Waals surface area contributed by atoms with Gasteiger partial charge in [0.05, 0.1) is 0 Å². The number of nitrogens with one attached hydrogen (secondary N) is 1. The van der Waals surface area contributed by atoms with E-state index < -0.39 is 0 Å². The van der Waals surface area contributed by atoms with Gasteiger partial charge in [-0.05, 0) is 56.9 Å². The summed E-state index contributed by atoms with van der Waals surface area (Å²) < 4.78 is 0. The van der Waals surface area contributed by atoms with Gasteiger partial charge in [-0.3, -0.25) is 0 Å². The van der Waals surface area contributed by atoms with Crippen LogP contribution in [-0.4, -0.2) is 23.1 Å². The highest BCUT2D eigenvalue weighted by molar-refractivity contribution is 6.31. The van der Waals surface area contributed by atoms with Crippen LogP contribution in [0.5, 0.6) is 0 Å². The van der Waals surface area contributed by atoms with Crippen LogP contribution in [0.3, 0.4) is 0 Å². The molecule has 1 aromatic heterocycles. The summed E-state index contributed by atoms with van der Waals surface area (Å²) >= 11 is 6.27. The molecule has 4 nitrogen and oxygen atoms in total. The predicted octanol–water partition coefficient (Wildman–Crippen LogP) is 5.81. The first-order valence-corrected chi connectivity index (χ1v) is 10.2. The third-order valence-corrected chi connectivity index (χ3v) is 5.20. The zero-order valence-electron chi connectivity index (χ0n) is 16.7. The van der Waals surface area contributed by atoms with Crippen molar-refractivity contribution in [1.29, 1.82) is 0 Å². The van der Waals surface area contributed by atoms with Gasteiger partial charge < -0.3 is 10.2 Å². The van der Waals surface area contributed by atoms with Gasteiger partial charge in [0.2, 0.25) is 5.95 Å². The average molecular weight is 395 g/mol. The Morgan fingerprint density at radius 3 is 2.36 bits per heavy atom. The maximum absolute atomic E-state index is 6.27. The van der Waals surface area contributed by atoms with Crippen molar-refractivity contribution in [3.05, 3.63) is 76.4 Å². The van der Waals surface area contributed by atoms with Crippen molar-refractivity contribution < 1.29 is 0 Å². The number of aromatic nitrogens is 2. The minimum absolute atomic E-state index is 0.604. The summed E-state index contributed by atoms with van der Waals surface area (Å²) in [6, 6.07) is 18.5. The van der Waals surface area contributed by atoms with Crippen molar-refractivity contribution in [3.63, 3.8) is 0 Å². The van der Waals surface area contributed by atoms with E-state index in [4.69, 9.17) is 21.6 Å². The summed E-state index contributed by atoms with van der Waals surface area (Å²) in [6.07, 6.45) is 1.81. The summed E-state index contributed by atoms with van der Waals surface area (Å²) in [6.45, 7) is 8.08. The maximum Gasteiger partial charge on any atom is 0.229 e. The first-order valence-electron chi connectivity index (χ1n) is 9.79. The molecule has 0 unspecified atom stereocenters. The van der Waals surface area contributed by atoms with Crippen LogP contribution in [0.2, 0.25) is 5.02 Å². The number of hydrogen-bond donors (Lipinski definition) is 1.